The van der Waals surface area contributed by atoms with Gasteiger partial charge in [-0.05, 0) is 0 Å². The smallest absolute Gasteiger partial charge is 0.332 e. The molecule has 1 fully saturated rings. The Hall–Kier alpha value is -1.89. The Bertz CT molecular complexity index is 696. The number of pyridine rings is 1. The second-order valence-electron chi connectivity index (χ2n) is 4.85. The van der Waals surface area contributed by atoms with Crippen LogP contribution < -0.4 is 5.73 Å². The van der Waals surface area contributed by atoms with Crippen molar-refractivity contribution in [3.05, 3.63) is 17.5 Å². The van der Waals surface area contributed by atoms with Crippen LogP contribution in [0.3, 0.4) is 0 Å². The number of carbonyl (C=O) groups excluding carboxylic acids is 1. The molecule has 6 nitrogen and oxygen atoms in total. The van der Waals surface area contributed by atoms with E-state index in [4.69, 9.17) is 22.1 Å². The van der Waals surface area contributed by atoms with Crippen molar-refractivity contribution in [3.63, 3.8) is 0 Å². The standard InChI is InChI=1S/C12H12ClFN4O2/c1-20-11(19)12(3-6(14)4-12)18-5-16-9-7(15)2-8(13)17-10(9)18/h2,5-6H,3-4H2,1H3,(H2,15,17). The number of halogens is 2. The molecule has 1 saturated carbocycles. The molecule has 106 valence electrons. The fourth-order valence-corrected chi connectivity index (χ4v) is 2.82. The number of imidazole rings is 1. The Morgan fingerprint density at radius 3 is 2.95 bits per heavy atom. The highest BCUT2D eigenvalue weighted by molar-refractivity contribution is 6.30. The lowest BCUT2D eigenvalue weighted by Crippen LogP contribution is -2.54. The molecule has 2 N–H and O–H groups in total. The molecule has 2 heterocycles. The van der Waals surface area contributed by atoms with Gasteiger partial charge in [-0.2, -0.15) is 0 Å². The molecule has 0 saturated heterocycles. The summed E-state index contributed by atoms with van der Waals surface area (Å²) in [5.41, 5.74) is 5.84. The lowest BCUT2D eigenvalue weighted by atomic mass is 9.75. The molecule has 0 radical (unpaired) electrons. The number of hydrogen-bond acceptors (Lipinski definition) is 5. The van der Waals surface area contributed by atoms with E-state index in [1.54, 1.807) is 0 Å². The third kappa shape index (κ3) is 1.66. The maximum absolute atomic E-state index is 13.3. The summed E-state index contributed by atoms with van der Waals surface area (Å²) in [7, 11) is 1.27. The fraction of sp³-hybridized carbons (Fsp3) is 0.417. The summed E-state index contributed by atoms with van der Waals surface area (Å²) in [6.45, 7) is 0. The summed E-state index contributed by atoms with van der Waals surface area (Å²) in [6.07, 6.45) is 0.425. The SMILES string of the molecule is COC(=O)C1(n2cnc3c(N)cc(Cl)nc32)CC(F)C1. The van der Waals surface area contributed by atoms with Crippen LogP contribution in [0.2, 0.25) is 5.15 Å². The van der Waals surface area contributed by atoms with Crippen molar-refractivity contribution in [1.29, 1.82) is 0 Å². The number of fused-ring (bicyclic) bond motifs is 1. The van der Waals surface area contributed by atoms with Crippen LogP contribution in [0, 0.1) is 0 Å². The van der Waals surface area contributed by atoms with Crippen LogP contribution in [0.25, 0.3) is 11.2 Å². The largest absolute Gasteiger partial charge is 0.467 e. The number of esters is 1. The highest BCUT2D eigenvalue weighted by Gasteiger charge is 2.54. The van der Waals surface area contributed by atoms with Gasteiger partial charge in [0, 0.05) is 18.9 Å². The molecule has 2 aromatic heterocycles. The molecule has 8 heteroatoms. The van der Waals surface area contributed by atoms with Crippen LogP contribution in [-0.4, -0.2) is 33.8 Å². The average molecular weight is 299 g/mol. The Kier molecular flexibility index (Phi) is 2.82. The van der Waals surface area contributed by atoms with Crippen molar-refractivity contribution in [2.24, 2.45) is 0 Å². The van der Waals surface area contributed by atoms with Gasteiger partial charge in [0.15, 0.2) is 11.2 Å². The number of ether oxygens (including phenoxy) is 1. The average Bonchev–Trinajstić information content (AvgIpc) is 2.78. The molecule has 0 aliphatic heterocycles. The molecule has 1 aliphatic rings. The van der Waals surface area contributed by atoms with E-state index in [9.17, 15) is 9.18 Å². The van der Waals surface area contributed by atoms with Crippen LogP contribution in [0.1, 0.15) is 12.8 Å². The van der Waals surface area contributed by atoms with E-state index in [2.05, 4.69) is 9.97 Å². The van der Waals surface area contributed by atoms with Crippen LogP contribution in [0.15, 0.2) is 12.4 Å². The van der Waals surface area contributed by atoms with Gasteiger partial charge in [0.05, 0.1) is 19.1 Å². The number of nitrogens with zero attached hydrogens (tertiary/aromatic N) is 3. The van der Waals surface area contributed by atoms with E-state index in [-0.39, 0.29) is 18.0 Å². The minimum Gasteiger partial charge on any atom is -0.467 e. The molecule has 0 bridgehead atoms. The van der Waals surface area contributed by atoms with Crippen LogP contribution in [-0.2, 0) is 15.1 Å². The summed E-state index contributed by atoms with van der Waals surface area (Å²) < 4.78 is 19.6. The maximum Gasteiger partial charge on any atom is 0.332 e. The summed E-state index contributed by atoms with van der Waals surface area (Å²) >= 11 is 5.88. The topological polar surface area (TPSA) is 83.0 Å². The van der Waals surface area contributed by atoms with Crippen molar-refractivity contribution in [1.82, 2.24) is 14.5 Å². The zero-order valence-electron chi connectivity index (χ0n) is 10.6. The lowest BCUT2D eigenvalue weighted by molar-refractivity contribution is -0.160. The van der Waals surface area contributed by atoms with Crippen LogP contribution >= 0.6 is 11.6 Å². The van der Waals surface area contributed by atoms with E-state index in [0.29, 0.717) is 16.9 Å². The summed E-state index contributed by atoms with van der Waals surface area (Å²) in [6, 6.07) is 1.48. The van der Waals surface area contributed by atoms with Gasteiger partial charge in [-0.3, -0.25) is 4.57 Å². The summed E-state index contributed by atoms with van der Waals surface area (Å²) in [5, 5.41) is 0.188. The summed E-state index contributed by atoms with van der Waals surface area (Å²) in [5.74, 6) is -0.522. The van der Waals surface area contributed by atoms with Crippen molar-refractivity contribution in [2.75, 3.05) is 12.8 Å². The minimum atomic E-state index is -1.12. The van der Waals surface area contributed by atoms with Crippen molar-refractivity contribution >= 4 is 34.4 Å². The normalized spacial score (nSPS) is 25.4. The van der Waals surface area contributed by atoms with E-state index >= 15 is 0 Å². The molecule has 0 spiro atoms. The predicted octanol–water partition coefficient (Wildman–Crippen LogP) is 1.67. The second kappa shape index (κ2) is 4.31. The lowest BCUT2D eigenvalue weighted by Gasteiger charge is -2.42. The number of nitrogen functional groups attached to an aromatic ring is 1. The highest BCUT2D eigenvalue weighted by Crippen LogP contribution is 2.44. The maximum atomic E-state index is 13.3. The second-order valence-corrected chi connectivity index (χ2v) is 5.24. The molecule has 3 rings (SSSR count). The number of alkyl halides is 1. The van der Waals surface area contributed by atoms with Crippen LogP contribution in [0.4, 0.5) is 10.1 Å². The molecular weight excluding hydrogens is 287 g/mol. The zero-order valence-corrected chi connectivity index (χ0v) is 11.4. The number of carbonyl (C=O) groups is 1. The molecule has 0 amide bonds. The third-order valence-electron chi connectivity index (χ3n) is 3.65. The molecule has 0 aromatic carbocycles. The number of methoxy groups -OCH3 is 1. The van der Waals surface area contributed by atoms with Gasteiger partial charge in [-0.1, -0.05) is 11.6 Å². The van der Waals surface area contributed by atoms with E-state index in [0.717, 1.165) is 0 Å². The van der Waals surface area contributed by atoms with Crippen LogP contribution in [0.5, 0.6) is 0 Å². The number of aromatic nitrogens is 3. The molecule has 0 atom stereocenters. The van der Waals surface area contributed by atoms with Gasteiger partial charge < -0.3 is 10.5 Å². The quantitative estimate of drug-likeness (QED) is 0.673. The number of nitrogens with two attached hydrogens (primary N) is 1. The van der Waals surface area contributed by atoms with E-state index in [1.807, 2.05) is 0 Å². The van der Waals surface area contributed by atoms with E-state index < -0.39 is 17.7 Å². The number of anilines is 1. The third-order valence-corrected chi connectivity index (χ3v) is 3.84. The Balaban J connectivity index is 2.20. The highest BCUT2D eigenvalue weighted by atomic mass is 35.5. The van der Waals surface area contributed by atoms with Gasteiger partial charge in [0.1, 0.15) is 16.8 Å². The molecule has 0 unspecified atom stereocenters. The number of hydrogen-bond donors (Lipinski definition) is 1. The van der Waals surface area contributed by atoms with Crippen molar-refractivity contribution < 1.29 is 13.9 Å². The van der Waals surface area contributed by atoms with E-state index in [1.165, 1.54) is 24.1 Å². The monoisotopic (exact) mass is 298 g/mol. The molecule has 20 heavy (non-hydrogen) atoms. The molecule has 2 aromatic rings. The first-order chi connectivity index (χ1) is 9.48. The van der Waals surface area contributed by atoms with Crippen molar-refractivity contribution in [2.45, 2.75) is 24.6 Å². The van der Waals surface area contributed by atoms with Gasteiger partial charge >= 0.3 is 5.97 Å². The van der Waals surface area contributed by atoms with Gasteiger partial charge in [0.2, 0.25) is 0 Å². The zero-order chi connectivity index (χ0) is 14.5. The predicted molar refractivity (Wildman–Crippen MR) is 71.1 cm³/mol. The Labute approximate surface area is 118 Å². The first-order valence-corrected chi connectivity index (χ1v) is 6.38. The first-order valence-electron chi connectivity index (χ1n) is 6.00. The Morgan fingerprint density at radius 1 is 1.65 bits per heavy atom. The summed E-state index contributed by atoms with van der Waals surface area (Å²) in [4.78, 5) is 20.3. The Morgan fingerprint density at radius 2 is 2.35 bits per heavy atom. The van der Waals surface area contributed by atoms with Crippen molar-refractivity contribution in [3.8, 4) is 0 Å². The molecular formula is C12H12ClFN4O2. The van der Waals surface area contributed by atoms with Gasteiger partial charge in [-0.25, -0.2) is 19.2 Å². The van der Waals surface area contributed by atoms with Gasteiger partial charge in [-0.15, -0.1) is 0 Å². The number of rotatable bonds is 2. The minimum absolute atomic E-state index is 0.0270. The molecule has 1 aliphatic carbocycles. The first kappa shape index (κ1) is 13.1. The fourth-order valence-electron chi connectivity index (χ4n) is 2.62. The van der Waals surface area contributed by atoms with Gasteiger partial charge in [0.25, 0.3) is 0 Å².